The highest BCUT2D eigenvalue weighted by atomic mass is 16.6. The van der Waals surface area contributed by atoms with Gasteiger partial charge in [-0.25, -0.2) is 9.78 Å². The summed E-state index contributed by atoms with van der Waals surface area (Å²) in [5.41, 5.74) is 2.27. The average molecular weight is 876 g/mol. The molecule has 1 atom stereocenters. The standard InChI is InChI=1S/C45H73N5O12/c1-54-35-40(62-31-30-61-29-28-60-27-26-59-25-24-58-23-22-57-21-20-56-19-18-55-17-16-51)46-32-36-12-14-39(15-13-36)42-47-41-43(48-42)49(33-37-8-4-2-5-9-37)45(53)50(44(41)52)34-38-10-6-3-7-11-38/h12-15,37-38,40,46,51H,2-11,16-35H2,1H3,(H,47,48). The number of aliphatic hydroxyl groups is 1. The average Bonchev–Trinajstić information content (AvgIpc) is 3.75. The van der Waals surface area contributed by atoms with Gasteiger partial charge in [0.25, 0.3) is 5.56 Å². The summed E-state index contributed by atoms with van der Waals surface area (Å²) in [6.07, 6.45) is 11.1. The van der Waals surface area contributed by atoms with E-state index in [4.69, 9.17) is 52.7 Å². The number of rotatable bonds is 34. The van der Waals surface area contributed by atoms with Crippen molar-refractivity contribution >= 4 is 11.2 Å². The van der Waals surface area contributed by atoms with Gasteiger partial charge >= 0.3 is 5.69 Å². The fourth-order valence-corrected chi connectivity index (χ4v) is 7.95. The molecule has 1 aromatic carbocycles. The summed E-state index contributed by atoms with van der Waals surface area (Å²) < 4.78 is 52.8. The summed E-state index contributed by atoms with van der Waals surface area (Å²) in [4.78, 5) is 36.0. The number of nitrogens with zero attached hydrogens (tertiary/aromatic N) is 3. The lowest BCUT2D eigenvalue weighted by molar-refractivity contribution is -0.0525. The number of aliphatic hydroxyl groups excluding tert-OH is 1. The summed E-state index contributed by atoms with van der Waals surface area (Å²) in [7, 11) is 1.64. The second-order valence-corrected chi connectivity index (χ2v) is 16.0. The fourth-order valence-electron chi connectivity index (χ4n) is 7.95. The Labute approximate surface area is 366 Å². The zero-order chi connectivity index (χ0) is 43.5. The predicted octanol–water partition coefficient (Wildman–Crippen LogP) is 3.90. The van der Waals surface area contributed by atoms with Gasteiger partial charge < -0.3 is 52.7 Å². The molecule has 17 heteroatoms. The molecule has 0 aliphatic heterocycles. The third-order valence-corrected chi connectivity index (χ3v) is 11.3. The van der Waals surface area contributed by atoms with Crippen LogP contribution in [0.4, 0.5) is 0 Å². The van der Waals surface area contributed by atoms with E-state index in [0.717, 1.165) is 49.7 Å². The van der Waals surface area contributed by atoms with Gasteiger partial charge in [-0.15, -0.1) is 0 Å². The Morgan fingerprint density at radius 2 is 1.13 bits per heavy atom. The molecule has 5 rings (SSSR count). The molecule has 2 aliphatic rings. The lowest BCUT2D eigenvalue weighted by atomic mass is 9.89. The van der Waals surface area contributed by atoms with E-state index < -0.39 is 0 Å². The number of aromatic nitrogens is 4. The van der Waals surface area contributed by atoms with E-state index in [1.807, 2.05) is 24.3 Å². The van der Waals surface area contributed by atoms with Gasteiger partial charge in [0.05, 0.1) is 112 Å². The highest BCUT2D eigenvalue weighted by Crippen LogP contribution is 2.27. The molecule has 0 bridgehead atoms. The molecule has 2 fully saturated rings. The van der Waals surface area contributed by atoms with Crippen LogP contribution in [0.5, 0.6) is 0 Å². The minimum Gasteiger partial charge on any atom is -0.394 e. The van der Waals surface area contributed by atoms with Crippen LogP contribution in [0.25, 0.3) is 22.6 Å². The molecule has 0 amide bonds. The maximum Gasteiger partial charge on any atom is 0.332 e. The van der Waals surface area contributed by atoms with Gasteiger partial charge in [-0.3, -0.25) is 19.2 Å². The quantitative estimate of drug-likeness (QED) is 0.0579. The van der Waals surface area contributed by atoms with Gasteiger partial charge in [-0.2, -0.15) is 0 Å². The van der Waals surface area contributed by atoms with Crippen LogP contribution in [0, 0.1) is 11.8 Å². The SMILES string of the molecule is COCC(NCc1ccc(-c2nc3c([nH]2)c(=O)n(CC2CCCCC2)c(=O)n3CC2CCCCC2)cc1)OCCOCCOCCOCCOCCOCCOCCOCCO. The molecular formula is C45H73N5O12. The number of aromatic amines is 1. The third-order valence-electron chi connectivity index (χ3n) is 11.3. The Balaban J connectivity index is 0.955. The zero-order valence-corrected chi connectivity index (χ0v) is 37.0. The molecule has 2 saturated carbocycles. The largest absolute Gasteiger partial charge is 0.394 e. The fraction of sp³-hybridized carbons (Fsp3) is 0.756. The highest BCUT2D eigenvalue weighted by Gasteiger charge is 2.24. The highest BCUT2D eigenvalue weighted by molar-refractivity contribution is 5.75. The van der Waals surface area contributed by atoms with Crippen molar-refractivity contribution in [1.29, 1.82) is 0 Å². The van der Waals surface area contributed by atoms with Crippen LogP contribution in [0.1, 0.15) is 69.8 Å². The molecule has 17 nitrogen and oxygen atoms in total. The molecule has 0 spiro atoms. The van der Waals surface area contributed by atoms with E-state index in [-0.39, 0.29) is 24.1 Å². The van der Waals surface area contributed by atoms with Crippen molar-refractivity contribution in [3.8, 4) is 11.4 Å². The number of methoxy groups -OCH3 is 1. The van der Waals surface area contributed by atoms with Gasteiger partial charge in [0.15, 0.2) is 5.65 Å². The lowest BCUT2D eigenvalue weighted by Gasteiger charge is -2.24. The Morgan fingerprint density at radius 3 is 1.61 bits per heavy atom. The number of hydrogen-bond donors (Lipinski definition) is 3. The third kappa shape index (κ3) is 17.8. The second kappa shape index (κ2) is 30.1. The molecule has 1 unspecified atom stereocenters. The molecule has 3 aromatic rings. The number of imidazole rings is 1. The van der Waals surface area contributed by atoms with E-state index in [1.165, 1.54) is 30.3 Å². The van der Waals surface area contributed by atoms with E-state index in [2.05, 4.69) is 10.3 Å². The van der Waals surface area contributed by atoms with Crippen molar-refractivity contribution in [1.82, 2.24) is 24.4 Å². The molecule has 0 radical (unpaired) electrons. The van der Waals surface area contributed by atoms with Gasteiger partial charge in [-0.05, 0) is 43.1 Å². The number of nitrogens with one attached hydrogen (secondary N) is 2. The van der Waals surface area contributed by atoms with Crippen molar-refractivity contribution in [2.75, 3.05) is 119 Å². The first-order valence-corrected chi connectivity index (χ1v) is 22.9. The van der Waals surface area contributed by atoms with Gasteiger partial charge in [-0.1, -0.05) is 62.8 Å². The Kier molecular flexibility index (Phi) is 24.3. The number of H-pyrrole nitrogens is 1. The van der Waals surface area contributed by atoms with Gasteiger partial charge in [0.1, 0.15) is 17.6 Å². The number of ether oxygens (including phenoxy) is 9. The maximum atomic E-state index is 14.0. The normalized spacial score (nSPS) is 15.8. The summed E-state index contributed by atoms with van der Waals surface area (Å²) in [5.74, 6) is 1.35. The van der Waals surface area contributed by atoms with E-state index in [1.54, 1.807) is 11.7 Å². The van der Waals surface area contributed by atoms with E-state index in [0.29, 0.717) is 154 Å². The first-order valence-electron chi connectivity index (χ1n) is 22.9. The van der Waals surface area contributed by atoms with Crippen molar-refractivity contribution in [3.05, 3.63) is 50.7 Å². The topological polar surface area (TPSA) is 188 Å². The van der Waals surface area contributed by atoms with Crippen molar-refractivity contribution < 1.29 is 47.7 Å². The molecular weight excluding hydrogens is 803 g/mol. The minimum absolute atomic E-state index is 0.0165. The van der Waals surface area contributed by atoms with Crippen LogP contribution in [0.3, 0.4) is 0 Å². The maximum absolute atomic E-state index is 14.0. The number of fused-ring (bicyclic) bond motifs is 1. The monoisotopic (exact) mass is 876 g/mol. The smallest absolute Gasteiger partial charge is 0.332 e. The zero-order valence-electron chi connectivity index (χ0n) is 37.0. The van der Waals surface area contributed by atoms with E-state index in [9.17, 15) is 9.59 Å². The number of benzene rings is 1. The summed E-state index contributed by atoms with van der Waals surface area (Å²) in [5, 5.41) is 12.0. The van der Waals surface area contributed by atoms with Crippen LogP contribution in [0.15, 0.2) is 33.9 Å². The van der Waals surface area contributed by atoms with Crippen LogP contribution in [-0.4, -0.2) is 150 Å². The Bertz CT molecular complexity index is 1740. The van der Waals surface area contributed by atoms with Gasteiger partial charge in [0.2, 0.25) is 0 Å². The summed E-state index contributed by atoms with van der Waals surface area (Å²) >= 11 is 0. The van der Waals surface area contributed by atoms with Crippen LogP contribution in [0.2, 0.25) is 0 Å². The van der Waals surface area contributed by atoms with Crippen molar-refractivity contribution in [3.63, 3.8) is 0 Å². The molecule has 62 heavy (non-hydrogen) atoms. The van der Waals surface area contributed by atoms with E-state index >= 15 is 0 Å². The molecule has 3 N–H and O–H groups in total. The Hall–Kier alpha value is -3.07. The predicted molar refractivity (Wildman–Crippen MR) is 234 cm³/mol. The molecule has 2 heterocycles. The molecule has 350 valence electrons. The van der Waals surface area contributed by atoms with Crippen LogP contribution in [-0.2, 0) is 62.3 Å². The van der Waals surface area contributed by atoms with Crippen molar-refractivity contribution in [2.24, 2.45) is 11.8 Å². The minimum atomic E-state index is -0.325. The lowest BCUT2D eigenvalue weighted by Crippen LogP contribution is -2.42. The molecule has 2 aromatic heterocycles. The summed E-state index contributed by atoms with van der Waals surface area (Å²) in [6.45, 7) is 8.86. The van der Waals surface area contributed by atoms with Crippen LogP contribution < -0.4 is 16.6 Å². The van der Waals surface area contributed by atoms with Crippen LogP contribution >= 0.6 is 0 Å². The molecule has 0 saturated heterocycles. The first kappa shape index (κ1) is 49.9. The Morgan fingerprint density at radius 1 is 0.661 bits per heavy atom. The molecule has 2 aliphatic carbocycles. The first-order chi connectivity index (χ1) is 30.6. The number of hydrogen-bond acceptors (Lipinski definition) is 14. The van der Waals surface area contributed by atoms with Crippen molar-refractivity contribution in [2.45, 2.75) is 90.1 Å². The van der Waals surface area contributed by atoms with Gasteiger partial charge in [0, 0.05) is 32.3 Å². The second-order valence-electron chi connectivity index (χ2n) is 16.0. The summed E-state index contributed by atoms with van der Waals surface area (Å²) in [6, 6.07) is 8.02.